The van der Waals surface area contributed by atoms with E-state index in [2.05, 4.69) is 4.99 Å². The Hall–Kier alpha value is -2.07. The van der Waals surface area contributed by atoms with Crippen LogP contribution in [0.15, 0.2) is 59.2 Å². The molecule has 3 rings (SSSR count). The van der Waals surface area contributed by atoms with Crippen molar-refractivity contribution >= 4 is 58.8 Å². The minimum absolute atomic E-state index is 0.175. The highest BCUT2D eigenvalue weighted by Crippen LogP contribution is 2.27. The van der Waals surface area contributed by atoms with Crippen molar-refractivity contribution in [2.45, 2.75) is 0 Å². The summed E-state index contributed by atoms with van der Waals surface area (Å²) < 4.78 is 5.11. The molecule has 6 heteroatoms. The van der Waals surface area contributed by atoms with Gasteiger partial charge in [0.15, 0.2) is 5.70 Å². The van der Waals surface area contributed by atoms with Crippen molar-refractivity contribution in [1.29, 1.82) is 0 Å². The second-order valence-electron chi connectivity index (χ2n) is 4.87. The Balaban J connectivity index is 1.86. The first kappa shape index (κ1) is 16.8. The summed E-state index contributed by atoms with van der Waals surface area (Å²) in [6.07, 6.45) is 4.82. The van der Waals surface area contributed by atoms with Gasteiger partial charge in [0.1, 0.15) is 0 Å². The molecule has 1 heterocycles. The predicted molar refractivity (Wildman–Crippen MR) is 98.5 cm³/mol. The summed E-state index contributed by atoms with van der Waals surface area (Å²) in [6, 6.07) is 12.4. The second kappa shape index (κ2) is 7.22. The summed E-state index contributed by atoms with van der Waals surface area (Å²) in [4.78, 5) is 16.1. The van der Waals surface area contributed by atoms with Crippen LogP contribution in [0.1, 0.15) is 11.1 Å². The van der Waals surface area contributed by atoms with Crippen molar-refractivity contribution in [1.82, 2.24) is 0 Å². The van der Waals surface area contributed by atoms with Crippen LogP contribution in [0.2, 0.25) is 15.1 Å². The monoisotopic (exact) mass is 377 g/mol. The average molecular weight is 379 g/mol. The molecule has 0 fully saturated rings. The molecule has 0 amide bonds. The Kier molecular flexibility index (Phi) is 5.05. The number of nitrogens with zero attached hydrogens (tertiary/aromatic N) is 1. The molecule has 2 aromatic carbocycles. The van der Waals surface area contributed by atoms with Gasteiger partial charge in [-0.05, 0) is 35.4 Å². The van der Waals surface area contributed by atoms with Gasteiger partial charge in [-0.3, -0.25) is 0 Å². The molecule has 2 aromatic rings. The molecule has 3 nitrogen and oxygen atoms in total. The number of carbonyl (C=O) groups is 1. The first-order valence-electron chi connectivity index (χ1n) is 6.94. The molecule has 0 unspecified atom stereocenters. The lowest BCUT2D eigenvalue weighted by Gasteiger charge is -1.99. The summed E-state index contributed by atoms with van der Waals surface area (Å²) in [5.74, 6) is -0.360. The number of cyclic esters (lactones) is 1. The van der Waals surface area contributed by atoms with Crippen molar-refractivity contribution in [2.75, 3.05) is 0 Å². The van der Waals surface area contributed by atoms with Gasteiger partial charge in [0.2, 0.25) is 5.90 Å². The van der Waals surface area contributed by atoms with E-state index in [1.165, 1.54) is 0 Å². The highest BCUT2D eigenvalue weighted by molar-refractivity contribution is 6.43. The summed E-state index contributed by atoms with van der Waals surface area (Å²) in [5.41, 5.74) is 1.57. The number of aliphatic imine (C=N–C) groups is 1. The topological polar surface area (TPSA) is 38.7 Å². The van der Waals surface area contributed by atoms with Gasteiger partial charge >= 0.3 is 5.97 Å². The summed E-state index contributed by atoms with van der Waals surface area (Å²) in [5, 5.41) is 1.40. The molecule has 1 aliphatic rings. The van der Waals surface area contributed by atoms with Crippen LogP contribution in [0, 0.1) is 0 Å². The van der Waals surface area contributed by atoms with E-state index in [1.54, 1.807) is 48.6 Å². The molecule has 24 heavy (non-hydrogen) atoms. The zero-order chi connectivity index (χ0) is 17.1. The molecule has 0 spiro atoms. The molecule has 1 aliphatic heterocycles. The molecule has 0 N–H and O–H groups in total. The average Bonchev–Trinajstić information content (AvgIpc) is 2.91. The number of carbonyl (C=O) groups excluding carboxylic acids is 1. The highest BCUT2D eigenvalue weighted by atomic mass is 35.5. The first-order valence-corrected chi connectivity index (χ1v) is 8.07. The van der Waals surface area contributed by atoms with Crippen LogP contribution in [0.5, 0.6) is 0 Å². The van der Waals surface area contributed by atoms with Gasteiger partial charge in [-0.2, -0.15) is 0 Å². The number of hydrogen-bond donors (Lipinski definition) is 0. The van der Waals surface area contributed by atoms with E-state index in [1.807, 2.05) is 12.1 Å². The zero-order valence-electron chi connectivity index (χ0n) is 12.2. The third-order valence-electron chi connectivity index (χ3n) is 3.22. The lowest BCUT2D eigenvalue weighted by Crippen LogP contribution is -2.01. The van der Waals surface area contributed by atoms with Crippen LogP contribution >= 0.6 is 34.8 Å². The smallest absolute Gasteiger partial charge is 0.363 e. The Morgan fingerprint density at radius 3 is 2.38 bits per heavy atom. The van der Waals surface area contributed by atoms with Gasteiger partial charge in [-0.1, -0.05) is 65.1 Å². The van der Waals surface area contributed by atoms with E-state index in [9.17, 15) is 4.79 Å². The van der Waals surface area contributed by atoms with Crippen LogP contribution in [0.4, 0.5) is 0 Å². The lowest BCUT2D eigenvalue weighted by molar-refractivity contribution is -0.129. The zero-order valence-corrected chi connectivity index (χ0v) is 14.4. The number of ether oxygens (including phenoxy) is 1. The van der Waals surface area contributed by atoms with Gasteiger partial charge in [0, 0.05) is 11.1 Å². The van der Waals surface area contributed by atoms with E-state index >= 15 is 0 Å². The lowest BCUT2D eigenvalue weighted by atomic mass is 10.2. The highest BCUT2D eigenvalue weighted by Gasteiger charge is 2.21. The molecule has 0 radical (unpaired) electrons. The number of esters is 1. The quantitative estimate of drug-likeness (QED) is 0.511. The van der Waals surface area contributed by atoms with Gasteiger partial charge < -0.3 is 4.74 Å². The molecule has 0 aliphatic carbocycles. The van der Waals surface area contributed by atoms with Crippen LogP contribution in [0.25, 0.3) is 12.2 Å². The minimum atomic E-state index is -0.535. The fraction of sp³-hybridized carbons (Fsp3) is 0. The van der Waals surface area contributed by atoms with Gasteiger partial charge in [-0.15, -0.1) is 0 Å². The standard InChI is InChI=1S/C18H10Cl3NO2/c19-13-6-2-1-4-12(13)10-15-18(23)24-16(22-15)9-8-11-5-3-7-14(20)17(11)21/h1-10H/b9-8+,15-10-. The van der Waals surface area contributed by atoms with Crippen LogP contribution in [-0.2, 0) is 9.53 Å². The largest absolute Gasteiger partial charge is 0.403 e. The van der Waals surface area contributed by atoms with Crippen LogP contribution < -0.4 is 0 Å². The SMILES string of the molecule is O=C1OC(/C=C/c2cccc(Cl)c2Cl)=NC/1=C\c1ccccc1Cl. The summed E-state index contributed by atoms with van der Waals surface area (Å²) in [6.45, 7) is 0. The number of hydrogen-bond acceptors (Lipinski definition) is 3. The van der Waals surface area contributed by atoms with E-state index in [4.69, 9.17) is 39.5 Å². The molecule has 0 aromatic heterocycles. The molecular formula is C18H10Cl3NO2. The van der Waals surface area contributed by atoms with Gasteiger partial charge in [0.25, 0.3) is 0 Å². The third kappa shape index (κ3) is 3.70. The summed E-state index contributed by atoms with van der Waals surface area (Å²) in [7, 11) is 0. The van der Waals surface area contributed by atoms with Crippen molar-refractivity contribution in [3.63, 3.8) is 0 Å². The van der Waals surface area contributed by atoms with Crippen molar-refractivity contribution in [2.24, 2.45) is 4.99 Å². The maximum absolute atomic E-state index is 11.9. The molecule has 0 bridgehead atoms. The van der Waals surface area contributed by atoms with E-state index in [0.29, 0.717) is 26.2 Å². The Morgan fingerprint density at radius 2 is 1.58 bits per heavy atom. The van der Waals surface area contributed by atoms with Gasteiger partial charge in [0.05, 0.1) is 10.0 Å². The summed E-state index contributed by atoms with van der Waals surface area (Å²) >= 11 is 18.1. The van der Waals surface area contributed by atoms with Crippen LogP contribution in [-0.4, -0.2) is 11.9 Å². The first-order chi connectivity index (χ1) is 11.5. The molecule has 0 saturated carbocycles. The normalized spacial score (nSPS) is 15.9. The molecule has 0 atom stereocenters. The van der Waals surface area contributed by atoms with Crippen molar-refractivity contribution < 1.29 is 9.53 Å². The molecule has 0 saturated heterocycles. The number of rotatable bonds is 3. The Labute approximate surface area is 153 Å². The molecule has 120 valence electrons. The molecular weight excluding hydrogens is 369 g/mol. The van der Waals surface area contributed by atoms with E-state index < -0.39 is 5.97 Å². The Bertz CT molecular complexity index is 901. The van der Waals surface area contributed by atoms with E-state index in [-0.39, 0.29) is 11.6 Å². The minimum Gasteiger partial charge on any atom is -0.403 e. The fourth-order valence-electron chi connectivity index (χ4n) is 2.05. The Morgan fingerprint density at radius 1 is 0.875 bits per heavy atom. The fourth-order valence-corrected chi connectivity index (χ4v) is 2.61. The van der Waals surface area contributed by atoms with Crippen molar-refractivity contribution in [3.05, 3.63) is 80.4 Å². The number of benzene rings is 2. The third-order valence-corrected chi connectivity index (χ3v) is 4.40. The van der Waals surface area contributed by atoms with Crippen molar-refractivity contribution in [3.8, 4) is 0 Å². The van der Waals surface area contributed by atoms with Gasteiger partial charge in [-0.25, -0.2) is 9.79 Å². The number of halogens is 3. The maximum Gasteiger partial charge on any atom is 0.363 e. The van der Waals surface area contributed by atoms with E-state index in [0.717, 1.165) is 0 Å². The maximum atomic E-state index is 11.9. The predicted octanol–water partition coefficient (Wildman–Crippen LogP) is 5.66. The van der Waals surface area contributed by atoms with Crippen LogP contribution in [0.3, 0.4) is 0 Å². The second-order valence-corrected chi connectivity index (χ2v) is 6.06.